The van der Waals surface area contributed by atoms with Gasteiger partial charge in [-0.1, -0.05) is 12.1 Å². The lowest BCUT2D eigenvalue weighted by atomic mass is 10.1. The third-order valence-corrected chi connectivity index (χ3v) is 3.18. The summed E-state index contributed by atoms with van der Waals surface area (Å²) >= 11 is 0. The van der Waals surface area contributed by atoms with Crippen LogP contribution in [-0.4, -0.2) is 40.3 Å². The fourth-order valence-electron chi connectivity index (χ4n) is 2.14. The molecule has 0 bridgehead atoms. The summed E-state index contributed by atoms with van der Waals surface area (Å²) in [4.78, 5) is 11.1. The number of carbonyl (C=O) groups is 1. The van der Waals surface area contributed by atoms with Crippen LogP contribution < -0.4 is 9.47 Å². The predicted octanol–water partition coefficient (Wildman–Crippen LogP) is 1.60. The van der Waals surface area contributed by atoms with Crippen LogP contribution in [0.4, 0.5) is 0 Å². The lowest BCUT2D eigenvalue weighted by Gasteiger charge is -2.11. The SMILES string of the molecule is CCc1c(C(=O)O)nnn1Cc1cc(OC)ccc1OC. The number of nitrogens with zero attached hydrogens (tertiary/aromatic N) is 3. The second-order valence-corrected chi connectivity index (χ2v) is 4.38. The van der Waals surface area contributed by atoms with Crippen LogP contribution in [0.25, 0.3) is 0 Å². The fourth-order valence-corrected chi connectivity index (χ4v) is 2.14. The number of benzene rings is 1. The van der Waals surface area contributed by atoms with Crippen LogP contribution in [0.2, 0.25) is 0 Å². The number of ether oxygens (including phenoxy) is 2. The van der Waals surface area contributed by atoms with Crippen molar-refractivity contribution >= 4 is 5.97 Å². The second-order valence-electron chi connectivity index (χ2n) is 4.38. The van der Waals surface area contributed by atoms with Crippen LogP contribution in [0.1, 0.15) is 28.7 Å². The molecule has 7 nitrogen and oxygen atoms in total. The molecule has 0 aliphatic carbocycles. The molecule has 1 heterocycles. The van der Waals surface area contributed by atoms with E-state index in [1.807, 2.05) is 13.0 Å². The Kier molecular flexibility index (Phi) is 4.42. The molecule has 21 heavy (non-hydrogen) atoms. The highest BCUT2D eigenvalue weighted by Gasteiger charge is 2.18. The number of carboxylic acid groups (broad SMARTS) is 1. The third kappa shape index (κ3) is 2.96. The lowest BCUT2D eigenvalue weighted by molar-refractivity contribution is 0.0689. The van der Waals surface area contributed by atoms with E-state index >= 15 is 0 Å². The molecule has 1 aromatic carbocycles. The zero-order valence-corrected chi connectivity index (χ0v) is 12.2. The van der Waals surface area contributed by atoms with Crippen LogP contribution in [0, 0.1) is 0 Å². The zero-order chi connectivity index (χ0) is 15.4. The Hall–Kier alpha value is -2.57. The zero-order valence-electron chi connectivity index (χ0n) is 12.2. The van der Waals surface area contributed by atoms with E-state index in [-0.39, 0.29) is 5.69 Å². The van der Waals surface area contributed by atoms with Crippen molar-refractivity contribution in [2.75, 3.05) is 14.2 Å². The summed E-state index contributed by atoms with van der Waals surface area (Å²) in [6, 6.07) is 5.43. The Morgan fingerprint density at radius 2 is 2.10 bits per heavy atom. The maximum absolute atomic E-state index is 11.1. The fraction of sp³-hybridized carbons (Fsp3) is 0.357. The van der Waals surface area contributed by atoms with Crippen molar-refractivity contribution in [3.05, 3.63) is 35.2 Å². The molecule has 112 valence electrons. The topological polar surface area (TPSA) is 86.5 Å². The molecule has 0 aliphatic rings. The van der Waals surface area contributed by atoms with Crippen molar-refractivity contribution in [3.63, 3.8) is 0 Å². The molecular formula is C14H17N3O4. The summed E-state index contributed by atoms with van der Waals surface area (Å²) in [6.07, 6.45) is 0.529. The van der Waals surface area contributed by atoms with Crippen LogP contribution in [0.5, 0.6) is 11.5 Å². The number of aromatic nitrogens is 3. The number of hydrogen-bond acceptors (Lipinski definition) is 5. The monoisotopic (exact) mass is 291 g/mol. The predicted molar refractivity (Wildman–Crippen MR) is 75.0 cm³/mol. The van der Waals surface area contributed by atoms with Gasteiger partial charge >= 0.3 is 5.97 Å². The van der Waals surface area contributed by atoms with Crippen molar-refractivity contribution in [1.82, 2.24) is 15.0 Å². The Balaban J connectivity index is 2.40. The van der Waals surface area contributed by atoms with Gasteiger partial charge in [-0.3, -0.25) is 0 Å². The van der Waals surface area contributed by atoms with Crippen LogP contribution in [-0.2, 0) is 13.0 Å². The van der Waals surface area contributed by atoms with Gasteiger partial charge in [0.2, 0.25) is 0 Å². The average molecular weight is 291 g/mol. The van der Waals surface area contributed by atoms with E-state index in [4.69, 9.17) is 14.6 Å². The van der Waals surface area contributed by atoms with Crippen molar-refractivity contribution in [2.24, 2.45) is 0 Å². The minimum absolute atomic E-state index is 0.0145. The Morgan fingerprint density at radius 3 is 2.67 bits per heavy atom. The van der Waals surface area contributed by atoms with E-state index in [1.54, 1.807) is 31.0 Å². The van der Waals surface area contributed by atoms with Crippen molar-refractivity contribution < 1.29 is 19.4 Å². The van der Waals surface area contributed by atoms with E-state index in [9.17, 15) is 4.79 Å². The highest BCUT2D eigenvalue weighted by atomic mass is 16.5. The van der Waals surface area contributed by atoms with Gasteiger partial charge < -0.3 is 14.6 Å². The standard InChI is InChI=1S/C14H17N3O4/c1-4-11-13(14(18)19)15-16-17(11)8-9-7-10(20-2)5-6-12(9)21-3/h5-7H,4,8H2,1-3H3,(H,18,19). The van der Waals surface area contributed by atoms with Crippen LogP contribution in [0.3, 0.4) is 0 Å². The lowest BCUT2D eigenvalue weighted by Crippen LogP contribution is -2.09. The van der Waals surface area contributed by atoms with Gasteiger partial charge in [-0.05, 0) is 24.6 Å². The van der Waals surface area contributed by atoms with E-state index in [2.05, 4.69) is 10.3 Å². The molecule has 1 aromatic heterocycles. The molecule has 2 aromatic rings. The Labute approximate surface area is 122 Å². The smallest absolute Gasteiger partial charge is 0.358 e. The highest BCUT2D eigenvalue weighted by molar-refractivity contribution is 5.86. The first-order valence-electron chi connectivity index (χ1n) is 6.47. The van der Waals surface area contributed by atoms with Crippen LogP contribution in [0.15, 0.2) is 18.2 Å². The van der Waals surface area contributed by atoms with Crippen molar-refractivity contribution in [1.29, 1.82) is 0 Å². The number of carboxylic acids is 1. The number of aromatic carboxylic acids is 1. The van der Waals surface area contributed by atoms with Gasteiger partial charge in [-0.15, -0.1) is 5.10 Å². The molecule has 7 heteroatoms. The molecule has 1 N–H and O–H groups in total. The first-order chi connectivity index (χ1) is 10.1. The molecule has 0 saturated carbocycles. The molecule has 0 radical (unpaired) electrons. The summed E-state index contributed by atoms with van der Waals surface area (Å²) in [5, 5.41) is 16.7. The average Bonchev–Trinajstić information content (AvgIpc) is 2.90. The molecule has 0 saturated heterocycles. The quantitative estimate of drug-likeness (QED) is 0.870. The largest absolute Gasteiger partial charge is 0.497 e. The van der Waals surface area contributed by atoms with Gasteiger partial charge in [0.05, 0.1) is 26.5 Å². The first-order valence-corrected chi connectivity index (χ1v) is 6.47. The van der Waals surface area contributed by atoms with Crippen LogP contribution >= 0.6 is 0 Å². The molecule has 0 amide bonds. The van der Waals surface area contributed by atoms with Gasteiger partial charge in [0.25, 0.3) is 0 Å². The Morgan fingerprint density at radius 1 is 1.33 bits per heavy atom. The second kappa shape index (κ2) is 6.25. The molecule has 2 rings (SSSR count). The molecule has 0 atom stereocenters. The summed E-state index contributed by atoms with van der Waals surface area (Å²) in [6.45, 7) is 2.23. The van der Waals surface area contributed by atoms with Crippen molar-refractivity contribution in [3.8, 4) is 11.5 Å². The van der Waals surface area contributed by atoms with Gasteiger partial charge in [-0.2, -0.15) is 0 Å². The molecule has 0 spiro atoms. The third-order valence-electron chi connectivity index (χ3n) is 3.18. The van der Waals surface area contributed by atoms with E-state index in [1.165, 1.54) is 0 Å². The summed E-state index contributed by atoms with van der Waals surface area (Å²) in [5.41, 5.74) is 1.40. The highest BCUT2D eigenvalue weighted by Crippen LogP contribution is 2.25. The van der Waals surface area contributed by atoms with Gasteiger partial charge in [0.1, 0.15) is 11.5 Å². The van der Waals surface area contributed by atoms with Gasteiger partial charge in [0.15, 0.2) is 5.69 Å². The van der Waals surface area contributed by atoms with Gasteiger partial charge in [-0.25, -0.2) is 9.48 Å². The normalized spacial score (nSPS) is 10.4. The van der Waals surface area contributed by atoms with E-state index in [0.717, 1.165) is 5.56 Å². The number of hydrogen-bond donors (Lipinski definition) is 1. The maximum Gasteiger partial charge on any atom is 0.358 e. The number of rotatable bonds is 6. The summed E-state index contributed by atoms with van der Waals surface area (Å²) < 4.78 is 12.1. The van der Waals surface area contributed by atoms with Gasteiger partial charge in [0, 0.05) is 5.56 Å². The molecule has 0 aliphatic heterocycles. The molecular weight excluding hydrogens is 274 g/mol. The first kappa shape index (κ1) is 14.8. The minimum Gasteiger partial charge on any atom is -0.497 e. The van der Waals surface area contributed by atoms with E-state index < -0.39 is 5.97 Å². The minimum atomic E-state index is -1.07. The molecule has 0 unspecified atom stereocenters. The maximum atomic E-state index is 11.1. The Bertz CT molecular complexity index is 652. The molecule has 0 fully saturated rings. The number of methoxy groups -OCH3 is 2. The summed E-state index contributed by atoms with van der Waals surface area (Å²) in [7, 11) is 3.16. The summed E-state index contributed by atoms with van der Waals surface area (Å²) in [5.74, 6) is 0.309. The van der Waals surface area contributed by atoms with E-state index in [0.29, 0.717) is 30.2 Å². The van der Waals surface area contributed by atoms with Crippen molar-refractivity contribution in [2.45, 2.75) is 19.9 Å².